The third-order valence-electron chi connectivity index (χ3n) is 3.78. The molecular weight excluding hydrogens is 255 g/mol. The van der Waals surface area contributed by atoms with Gasteiger partial charge in [-0.1, -0.05) is 0 Å². The van der Waals surface area contributed by atoms with Gasteiger partial charge < -0.3 is 10.2 Å². The molecule has 3 rings (SSSR count). The summed E-state index contributed by atoms with van der Waals surface area (Å²) < 4.78 is 39.4. The number of pyridine rings is 1. The number of rotatable bonds is 1. The van der Waals surface area contributed by atoms with Gasteiger partial charge in [0.1, 0.15) is 5.82 Å². The smallest absolute Gasteiger partial charge is 0.354 e. The predicted molar refractivity (Wildman–Crippen MR) is 66.3 cm³/mol. The molecule has 0 atom stereocenters. The van der Waals surface area contributed by atoms with E-state index in [0.29, 0.717) is 43.0 Å². The number of fused-ring (bicyclic) bond motifs is 1. The van der Waals surface area contributed by atoms with Gasteiger partial charge in [-0.05, 0) is 30.9 Å². The summed E-state index contributed by atoms with van der Waals surface area (Å²) >= 11 is 0. The van der Waals surface area contributed by atoms with Crippen molar-refractivity contribution < 1.29 is 13.2 Å². The highest BCUT2D eigenvalue weighted by Crippen LogP contribution is 2.38. The van der Waals surface area contributed by atoms with Gasteiger partial charge in [0, 0.05) is 31.9 Å². The normalized spacial score (nSPS) is 19.6. The van der Waals surface area contributed by atoms with Crippen molar-refractivity contribution in [3.63, 3.8) is 0 Å². The minimum absolute atomic E-state index is 0.409. The molecule has 1 aromatic rings. The van der Waals surface area contributed by atoms with E-state index in [2.05, 4.69) is 10.3 Å². The Bertz CT molecular complexity index is 479. The van der Waals surface area contributed by atoms with Crippen molar-refractivity contribution >= 4 is 5.82 Å². The van der Waals surface area contributed by atoms with E-state index in [4.69, 9.17) is 0 Å². The molecular formula is C13H16F3N3. The number of aromatic nitrogens is 1. The molecule has 0 spiro atoms. The molecule has 0 amide bonds. The molecule has 0 unspecified atom stereocenters. The number of alkyl halides is 3. The summed E-state index contributed by atoms with van der Waals surface area (Å²) in [6.07, 6.45) is -2.34. The Hall–Kier alpha value is -1.30. The van der Waals surface area contributed by atoms with Crippen molar-refractivity contribution in [2.45, 2.75) is 25.4 Å². The first-order valence-electron chi connectivity index (χ1n) is 6.61. The van der Waals surface area contributed by atoms with Crippen LogP contribution in [0.2, 0.25) is 0 Å². The van der Waals surface area contributed by atoms with Gasteiger partial charge in [0.2, 0.25) is 0 Å². The van der Waals surface area contributed by atoms with Gasteiger partial charge in [-0.15, -0.1) is 0 Å². The van der Waals surface area contributed by atoms with Gasteiger partial charge in [0.15, 0.2) is 0 Å². The van der Waals surface area contributed by atoms with E-state index < -0.39 is 11.7 Å². The second-order valence-corrected chi connectivity index (χ2v) is 5.04. The minimum atomic E-state index is -4.28. The maximum Gasteiger partial charge on any atom is 0.416 e. The third kappa shape index (κ3) is 2.41. The van der Waals surface area contributed by atoms with E-state index in [1.165, 1.54) is 6.07 Å². The second kappa shape index (κ2) is 4.67. The molecule has 0 radical (unpaired) electrons. The van der Waals surface area contributed by atoms with Crippen molar-refractivity contribution in [2.75, 3.05) is 31.1 Å². The number of piperazine rings is 1. The summed E-state index contributed by atoms with van der Waals surface area (Å²) in [5.74, 6) is 0.481. The summed E-state index contributed by atoms with van der Waals surface area (Å²) in [6.45, 7) is 3.01. The molecule has 0 saturated carbocycles. The number of halogens is 3. The number of nitrogens with one attached hydrogen (secondary N) is 1. The lowest BCUT2D eigenvalue weighted by molar-refractivity contribution is -0.138. The highest BCUT2D eigenvalue weighted by molar-refractivity contribution is 5.49. The quantitative estimate of drug-likeness (QED) is 0.846. The SMILES string of the molecule is FC(F)(F)c1cc(N2CCNCC2)nc2c1CCC2. The summed E-state index contributed by atoms with van der Waals surface area (Å²) in [5, 5.41) is 3.19. The molecule has 2 aliphatic rings. The molecule has 0 bridgehead atoms. The number of aryl methyl sites for hydroxylation is 1. The summed E-state index contributed by atoms with van der Waals surface area (Å²) in [6, 6.07) is 1.23. The Morgan fingerprint density at radius 1 is 1.16 bits per heavy atom. The zero-order valence-corrected chi connectivity index (χ0v) is 10.6. The molecule has 104 valence electrons. The predicted octanol–water partition coefficient (Wildman–Crippen LogP) is 2.00. The fourth-order valence-corrected chi connectivity index (χ4v) is 2.84. The molecule has 6 heteroatoms. The van der Waals surface area contributed by atoms with Crippen LogP contribution in [0.25, 0.3) is 0 Å². The first kappa shape index (κ1) is 12.7. The van der Waals surface area contributed by atoms with Crippen LogP contribution in [0, 0.1) is 0 Å². The number of anilines is 1. The van der Waals surface area contributed by atoms with Crippen LogP contribution in [0.3, 0.4) is 0 Å². The Morgan fingerprint density at radius 2 is 1.89 bits per heavy atom. The topological polar surface area (TPSA) is 28.2 Å². The molecule has 0 aromatic carbocycles. The Labute approximate surface area is 109 Å². The maximum absolute atomic E-state index is 13.1. The fraction of sp³-hybridized carbons (Fsp3) is 0.615. The van der Waals surface area contributed by atoms with Gasteiger partial charge in [0.25, 0.3) is 0 Å². The molecule has 1 fully saturated rings. The van der Waals surface area contributed by atoms with Crippen molar-refractivity contribution in [2.24, 2.45) is 0 Å². The highest BCUT2D eigenvalue weighted by atomic mass is 19.4. The lowest BCUT2D eigenvalue weighted by Gasteiger charge is -2.29. The van der Waals surface area contributed by atoms with Gasteiger partial charge in [0.05, 0.1) is 5.56 Å². The first-order chi connectivity index (χ1) is 9.05. The van der Waals surface area contributed by atoms with E-state index >= 15 is 0 Å². The van der Waals surface area contributed by atoms with Gasteiger partial charge >= 0.3 is 6.18 Å². The van der Waals surface area contributed by atoms with E-state index in [-0.39, 0.29) is 0 Å². The molecule has 1 aromatic heterocycles. The Balaban J connectivity index is 2.02. The molecule has 3 nitrogen and oxygen atoms in total. The van der Waals surface area contributed by atoms with Crippen LogP contribution in [-0.4, -0.2) is 31.2 Å². The monoisotopic (exact) mass is 271 g/mol. The van der Waals surface area contributed by atoms with Gasteiger partial charge in [-0.2, -0.15) is 13.2 Å². The van der Waals surface area contributed by atoms with E-state index in [1.54, 1.807) is 0 Å². The zero-order valence-electron chi connectivity index (χ0n) is 10.6. The average Bonchev–Trinajstić information content (AvgIpc) is 2.85. The van der Waals surface area contributed by atoms with Crippen molar-refractivity contribution in [1.29, 1.82) is 0 Å². The van der Waals surface area contributed by atoms with Crippen LogP contribution in [0.15, 0.2) is 6.07 Å². The number of hydrogen-bond acceptors (Lipinski definition) is 3. The summed E-state index contributed by atoms with van der Waals surface area (Å²) in [5.41, 5.74) is 0.568. The van der Waals surface area contributed by atoms with Crippen molar-refractivity contribution in [1.82, 2.24) is 10.3 Å². The third-order valence-corrected chi connectivity index (χ3v) is 3.78. The van der Waals surface area contributed by atoms with Crippen LogP contribution in [-0.2, 0) is 19.0 Å². The Kier molecular flexibility index (Phi) is 3.12. The Morgan fingerprint density at radius 3 is 2.58 bits per heavy atom. The molecule has 1 aliphatic carbocycles. The summed E-state index contributed by atoms with van der Waals surface area (Å²) in [7, 11) is 0. The second-order valence-electron chi connectivity index (χ2n) is 5.04. The van der Waals surface area contributed by atoms with Crippen LogP contribution >= 0.6 is 0 Å². The largest absolute Gasteiger partial charge is 0.416 e. The average molecular weight is 271 g/mol. The van der Waals surface area contributed by atoms with Gasteiger partial charge in [-0.25, -0.2) is 4.98 Å². The molecule has 1 N–H and O–H groups in total. The molecule has 19 heavy (non-hydrogen) atoms. The number of hydrogen-bond donors (Lipinski definition) is 1. The van der Waals surface area contributed by atoms with Gasteiger partial charge in [-0.3, -0.25) is 0 Å². The van der Waals surface area contributed by atoms with Crippen LogP contribution in [0.4, 0.5) is 19.0 Å². The lowest BCUT2D eigenvalue weighted by Crippen LogP contribution is -2.44. The minimum Gasteiger partial charge on any atom is -0.354 e. The fourth-order valence-electron chi connectivity index (χ4n) is 2.84. The molecule has 1 saturated heterocycles. The van der Waals surface area contributed by atoms with Crippen LogP contribution in [0.1, 0.15) is 23.2 Å². The van der Waals surface area contributed by atoms with Crippen molar-refractivity contribution in [3.8, 4) is 0 Å². The maximum atomic E-state index is 13.1. The molecule has 1 aliphatic heterocycles. The van der Waals surface area contributed by atoms with E-state index in [0.717, 1.165) is 19.5 Å². The standard InChI is InChI=1S/C13H16F3N3/c14-13(15,16)10-8-12(19-6-4-17-5-7-19)18-11-3-1-2-9(10)11/h8,17H,1-7H2. The zero-order chi connectivity index (χ0) is 13.5. The first-order valence-corrected chi connectivity index (χ1v) is 6.61. The van der Waals surface area contributed by atoms with Crippen LogP contribution in [0.5, 0.6) is 0 Å². The molecule has 2 heterocycles. The van der Waals surface area contributed by atoms with Crippen LogP contribution < -0.4 is 10.2 Å². The number of nitrogens with zero attached hydrogens (tertiary/aromatic N) is 2. The summed E-state index contributed by atoms with van der Waals surface area (Å²) in [4.78, 5) is 6.38. The van der Waals surface area contributed by atoms with E-state index in [9.17, 15) is 13.2 Å². The lowest BCUT2D eigenvalue weighted by atomic mass is 10.1. The van der Waals surface area contributed by atoms with Crippen molar-refractivity contribution in [3.05, 3.63) is 22.9 Å². The van der Waals surface area contributed by atoms with E-state index in [1.807, 2.05) is 4.90 Å². The highest BCUT2D eigenvalue weighted by Gasteiger charge is 2.37.